The number of allylic oxidation sites excluding steroid dienone is 2. The first-order valence-electron chi connectivity index (χ1n) is 19.1. The number of benzene rings is 2. The third-order valence-electron chi connectivity index (χ3n) is 13.8. The molecule has 3 aliphatic rings. The van der Waals surface area contributed by atoms with E-state index in [0.29, 0.717) is 57.7 Å². The highest BCUT2D eigenvalue weighted by Gasteiger charge is 2.69. The van der Waals surface area contributed by atoms with E-state index in [9.17, 15) is 0 Å². The van der Waals surface area contributed by atoms with Crippen LogP contribution in [0.4, 0.5) is 0 Å². The Morgan fingerprint density at radius 3 is 1.81 bits per heavy atom. The topological polar surface area (TPSA) is 18.5 Å². The van der Waals surface area contributed by atoms with Crippen LogP contribution >= 0.6 is 0 Å². The first-order chi connectivity index (χ1) is 22.1. The molecular weight excluding hydrogens is 605 g/mol. The van der Waals surface area contributed by atoms with E-state index in [2.05, 4.69) is 157 Å². The molecule has 3 fully saturated rings. The predicted molar refractivity (Wildman–Crippen MR) is 207 cm³/mol. The Hall–Kier alpha value is -1.47. The molecule has 260 valence electrons. The van der Waals surface area contributed by atoms with Crippen molar-refractivity contribution >= 4 is 27.0 Å². The van der Waals surface area contributed by atoms with Gasteiger partial charge in [-0.25, -0.2) is 0 Å². The molecule has 47 heavy (non-hydrogen) atoms. The fourth-order valence-electron chi connectivity index (χ4n) is 11.8. The molecule has 0 heterocycles. The van der Waals surface area contributed by atoms with E-state index in [4.69, 9.17) is 8.85 Å². The molecular formula is C43H68O2Si2. The Morgan fingerprint density at radius 1 is 0.851 bits per heavy atom. The Balaban J connectivity index is 1.61. The molecule has 0 bridgehead atoms. The van der Waals surface area contributed by atoms with E-state index in [1.165, 1.54) is 29.6 Å². The van der Waals surface area contributed by atoms with E-state index >= 15 is 0 Å². The van der Waals surface area contributed by atoms with Crippen molar-refractivity contribution in [3.63, 3.8) is 0 Å². The quantitative estimate of drug-likeness (QED) is 0.175. The van der Waals surface area contributed by atoms with Gasteiger partial charge in [0.15, 0.2) is 0 Å². The van der Waals surface area contributed by atoms with Crippen LogP contribution in [0.25, 0.3) is 0 Å². The molecule has 0 amide bonds. The van der Waals surface area contributed by atoms with Crippen molar-refractivity contribution in [1.82, 2.24) is 0 Å². The molecule has 0 unspecified atom stereocenters. The lowest BCUT2D eigenvalue weighted by Crippen LogP contribution is -2.67. The van der Waals surface area contributed by atoms with Gasteiger partial charge in [-0.15, -0.1) is 0 Å². The zero-order valence-corrected chi connectivity index (χ0v) is 34.3. The summed E-state index contributed by atoms with van der Waals surface area (Å²) >= 11 is 0. The van der Waals surface area contributed by atoms with Crippen molar-refractivity contribution in [3.05, 3.63) is 72.3 Å². The molecule has 0 aliphatic heterocycles. The molecule has 8 atom stereocenters. The lowest BCUT2D eigenvalue weighted by molar-refractivity contribution is -0.0846. The maximum Gasteiger partial charge on any atom is 0.261 e. The van der Waals surface area contributed by atoms with Crippen LogP contribution in [0.5, 0.6) is 0 Å². The van der Waals surface area contributed by atoms with Crippen molar-refractivity contribution in [2.24, 2.45) is 40.9 Å². The smallest absolute Gasteiger partial charge is 0.261 e. The summed E-state index contributed by atoms with van der Waals surface area (Å²) in [5, 5.41) is 2.75. The largest absolute Gasteiger partial charge is 0.413 e. The molecule has 2 aromatic rings. The minimum absolute atomic E-state index is 0.0260. The second kappa shape index (κ2) is 13.7. The highest BCUT2D eigenvalue weighted by atomic mass is 28.4. The Bertz CT molecular complexity index is 1300. The molecule has 5 rings (SSSR count). The van der Waals surface area contributed by atoms with Crippen LogP contribution in [0.15, 0.2) is 72.3 Å². The number of rotatable bonds is 11. The minimum Gasteiger partial charge on any atom is -0.413 e. The number of hydrogen-bond donors (Lipinski definition) is 0. The first kappa shape index (κ1) is 36.8. The third-order valence-corrected chi connectivity index (χ3v) is 24.9. The predicted octanol–water partition coefficient (Wildman–Crippen LogP) is 11.0. The number of hydrogen-bond acceptors (Lipinski definition) is 2. The van der Waals surface area contributed by atoms with Crippen LogP contribution < -0.4 is 10.4 Å². The van der Waals surface area contributed by atoms with Gasteiger partial charge in [-0.1, -0.05) is 148 Å². The lowest BCUT2D eigenvalue weighted by atomic mass is 9.53. The van der Waals surface area contributed by atoms with Crippen LogP contribution in [0, 0.1) is 40.9 Å². The van der Waals surface area contributed by atoms with Crippen LogP contribution in [0.2, 0.25) is 21.7 Å². The number of fused-ring (bicyclic) bond motifs is 3. The summed E-state index contributed by atoms with van der Waals surface area (Å²) in [5.41, 5.74) is 3.74. The Labute approximate surface area is 291 Å². The van der Waals surface area contributed by atoms with Crippen molar-refractivity contribution in [2.45, 2.75) is 137 Å². The van der Waals surface area contributed by atoms with E-state index in [1.54, 1.807) is 5.57 Å². The Kier molecular flexibility index (Phi) is 10.7. The molecule has 0 radical (unpaired) electrons. The van der Waals surface area contributed by atoms with Crippen LogP contribution in [0.1, 0.15) is 109 Å². The molecule has 0 aromatic heterocycles. The lowest BCUT2D eigenvalue weighted by Gasteiger charge is -2.57. The molecule has 2 nitrogen and oxygen atoms in total. The molecule has 0 spiro atoms. The average Bonchev–Trinajstić information content (AvgIpc) is 3.72. The van der Waals surface area contributed by atoms with E-state index in [0.717, 1.165) is 12.5 Å². The highest BCUT2D eigenvalue weighted by molar-refractivity contribution is 6.99. The second-order valence-electron chi connectivity index (χ2n) is 18.1. The summed E-state index contributed by atoms with van der Waals surface area (Å²) < 4.78 is 15.7. The van der Waals surface area contributed by atoms with Crippen LogP contribution in [-0.4, -0.2) is 29.3 Å². The molecule has 0 N–H and O–H groups in total. The summed E-state index contributed by atoms with van der Waals surface area (Å²) in [6.07, 6.45) is 6.64. The maximum absolute atomic E-state index is 7.87. The van der Waals surface area contributed by atoms with Gasteiger partial charge in [-0.3, -0.25) is 0 Å². The van der Waals surface area contributed by atoms with Gasteiger partial charge in [-0.05, 0) is 106 Å². The first-order valence-corrected chi connectivity index (χ1v) is 23.2. The zero-order valence-electron chi connectivity index (χ0n) is 32.3. The standard InChI is InChI=1S/C43H68O2Si2/c1-14-32(8)41-36(28-44-47(42(10,11)12,34-21-17-15-18-22-34)35-23-19-16-20-24-35)39-33(9)25-26-38(40(39)37-27-43(37,41)13)45-46(29(2)3,30(4)5)31(6)7/h14-24,29-31,33,36-41H,25-28H2,1-13H3/b32-14+/t33-,36-,37+,38-,39-,40-,41-,43+/m0/s1. The SMILES string of the molecule is C/C=C(\C)[C@H]1[C@@H](CO[Si](c2ccccc2)(c2ccccc2)C(C)(C)C)[C@H]2[C@H]([C@@H](O[Si](C(C)C)(C(C)C)C(C)C)CC[C@@H]2C)[C@H]2C[C@]21C. The average molecular weight is 673 g/mol. The van der Waals surface area contributed by atoms with Crippen LogP contribution in [-0.2, 0) is 8.85 Å². The second-order valence-corrected chi connectivity index (χ2v) is 27.9. The van der Waals surface area contributed by atoms with Gasteiger partial charge in [-0.2, -0.15) is 0 Å². The molecule has 3 saturated carbocycles. The van der Waals surface area contributed by atoms with Gasteiger partial charge in [0, 0.05) is 12.7 Å². The zero-order chi connectivity index (χ0) is 34.5. The molecule has 3 aliphatic carbocycles. The van der Waals surface area contributed by atoms with Gasteiger partial charge in [0.2, 0.25) is 8.32 Å². The van der Waals surface area contributed by atoms with Gasteiger partial charge in [0.05, 0.1) is 0 Å². The molecule has 0 saturated heterocycles. The monoisotopic (exact) mass is 672 g/mol. The molecule has 2 aromatic carbocycles. The summed E-state index contributed by atoms with van der Waals surface area (Å²) in [6, 6.07) is 22.6. The van der Waals surface area contributed by atoms with Crippen molar-refractivity contribution < 1.29 is 8.85 Å². The summed E-state index contributed by atoms with van der Waals surface area (Å²) in [6.45, 7) is 32.8. The van der Waals surface area contributed by atoms with E-state index in [1.807, 2.05) is 0 Å². The van der Waals surface area contributed by atoms with Crippen molar-refractivity contribution in [2.75, 3.05) is 6.61 Å². The normalized spacial score (nSPS) is 31.7. The fourth-order valence-corrected chi connectivity index (χ4v) is 22.0. The third kappa shape index (κ3) is 6.14. The van der Waals surface area contributed by atoms with Gasteiger partial charge in [0.1, 0.15) is 0 Å². The fraction of sp³-hybridized carbons (Fsp3) is 0.674. The minimum atomic E-state index is -2.66. The Morgan fingerprint density at radius 2 is 1.36 bits per heavy atom. The van der Waals surface area contributed by atoms with Gasteiger partial charge >= 0.3 is 0 Å². The van der Waals surface area contributed by atoms with E-state index < -0.39 is 16.6 Å². The summed E-state index contributed by atoms with van der Waals surface area (Å²) in [7, 11) is -4.68. The van der Waals surface area contributed by atoms with Crippen molar-refractivity contribution in [3.8, 4) is 0 Å². The molecule has 4 heteroatoms. The van der Waals surface area contributed by atoms with E-state index in [-0.39, 0.29) is 5.04 Å². The van der Waals surface area contributed by atoms with Gasteiger partial charge < -0.3 is 8.85 Å². The highest BCUT2D eigenvalue weighted by Crippen LogP contribution is 2.73. The summed E-state index contributed by atoms with van der Waals surface area (Å²) in [4.78, 5) is 0. The maximum atomic E-state index is 7.87. The van der Waals surface area contributed by atoms with Crippen LogP contribution in [0.3, 0.4) is 0 Å². The van der Waals surface area contributed by atoms with Gasteiger partial charge in [0.25, 0.3) is 8.32 Å². The van der Waals surface area contributed by atoms with Crippen molar-refractivity contribution in [1.29, 1.82) is 0 Å². The summed E-state index contributed by atoms with van der Waals surface area (Å²) in [5.74, 6) is 3.71.